The summed E-state index contributed by atoms with van der Waals surface area (Å²) >= 11 is 0. The first-order valence-corrected chi connectivity index (χ1v) is 9.72. The van der Waals surface area contributed by atoms with Gasteiger partial charge in [0, 0.05) is 30.5 Å². The normalized spacial score (nSPS) is 31.0. The van der Waals surface area contributed by atoms with Gasteiger partial charge in [-0.05, 0) is 51.9 Å². The van der Waals surface area contributed by atoms with Gasteiger partial charge < -0.3 is 10.2 Å². The SMILES string of the molecule is C=CCCC(=O)N1[C@H](C)C[C@H](C(=O)N[C@H](C)CC)[C@@H]2CCCC[C@H]21. The molecule has 4 heteroatoms. The highest BCUT2D eigenvalue weighted by Gasteiger charge is 2.46. The number of hydrogen-bond donors (Lipinski definition) is 1. The molecule has 24 heavy (non-hydrogen) atoms. The van der Waals surface area contributed by atoms with Crippen LogP contribution in [0.1, 0.15) is 72.1 Å². The van der Waals surface area contributed by atoms with E-state index >= 15 is 0 Å². The fourth-order valence-electron chi connectivity index (χ4n) is 4.48. The van der Waals surface area contributed by atoms with Crippen LogP contribution in [-0.2, 0) is 9.59 Å². The third-order valence-corrected chi connectivity index (χ3v) is 5.91. The molecule has 0 aromatic carbocycles. The van der Waals surface area contributed by atoms with E-state index in [9.17, 15) is 9.59 Å². The molecule has 1 aliphatic heterocycles. The van der Waals surface area contributed by atoms with E-state index in [1.807, 2.05) is 6.08 Å². The Balaban J connectivity index is 2.14. The highest BCUT2D eigenvalue weighted by molar-refractivity contribution is 5.81. The zero-order chi connectivity index (χ0) is 17.7. The van der Waals surface area contributed by atoms with Crippen molar-refractivity contribution in [1.82, 2.24) is 10.2 Å². The van der Waals surface area contributed by atoms with Crippen molar-refractivity contribution in [1.29, 1.82) is 0 Å². The summed E-state index contributed by atoms with van der Waals surface area (Å²) in [5, 5.41) is 3.18. The maximum atomic E-state index is 12.8. The average Bonchev–Trinajstić information content (AvgIpc) is 2.58. The van der Waals surface area contributed by atoms with E-state index in [0.29, 0.717) is 12.3 Å². The quantitative estimate of drug-likeness (QED) is 0.754. The fraction of sp³-hybridized carbons (Fsp3) is 0.800. The number of rotatable bonds is 6. The Kier molecular flexibility index (Phi) is 6.88. The lowest BCUT2D eigenvalue weighted by molar-refractivity contribution is -0.149. The number of fused-ring (bicyclic) bond motifs is 1. The van der Waals surface area contributed by atoms with Crippen LogP contribution in [0.5, 0.6) is 0 Å². The molecule has 2 rings (SSSR count). The third-order valence-electron chi connectivity index (χ3n) is 5.91. The number of nitrogens with one attached hydrogen (secondary N) is 1. The molecule has 0 unspecified atom stereocenters. The van der Waals surface area contributed by atoms with Crippen LogP contribution < -0.4 is 5.32 Å². The lowest BCUT2D eigenvalue weighted by atomic mass is 9.69. The summed E-state index contributed by atoms with van der Waals surface area (Å²) in [6.45, 7) is 9.99. The number of nitrogens with zero attached hydrogens (tertiary/aromatic N) is 1. The number of hydrogen-bond acceptors (Lipinski definition) is 2. The Hall–Kier alpha value is -1.32. The van der Waals surface area contributed by atoms with E-state index in [1.54, 1.807) is 0 Å². The minimum atomic E-state index is 0.0581. The summed E-state index contributed by atoms with van der Waals surface area (Å²) in [6.07, 6.45) is 9.29. The molecule has 1 N–H and O–H groups in total. The van der Waals surface area contributed by atoms with Crippen LogP contribution in [0.25, 0.3) is 0 Å². The molecule has 2 amide bonds. The standard InChI is InChI=1S/C20H34N2O2/c1-5-7-12-19(23)22-15(4)13-17(20(24)21-14(3)6-2)16-10-8-9-11-18(16)22/h5,14-18H,1,6-13H2,2-4H3,(H,21,24)/t14-,15-,16+,17+,18-/m1/s1. The topological polar surface area (TPSA) is 49.4 Å². The molecule has 1 saturated heterocycles. The summed E-state index contributed by atoms with van der Waals surface area (Å²) in [5.74, 6) is 0.820. The van der Waals surface area contributed by atoms with Gasteiger partial charge in [0.25, 0.3) is 0 Å². The molecule has 1 heterocycles. The summed E-state index contributed by atoms with van der Waals surface area (Å²) in [5.41, 5.74) is 0. The zero-order valence-electron chi connectivity index (χ0n) is 15.6. The van der Waals surface area contributed by atoms with Crippen molar-refractivity contribution < 1.29 is 9.59 Å². The van der Waals surface area contributed by atoms with Crippen LogP contribution in [0.3, 0.4) is 0 Å². The van der Waals surface area contributed by atoms with Crippen LogP contribution >= 0.6 is 0 Å². The molecule has 0 aromatic heterocycles. The number of carbonyl (C=O) groups excluding carboxylic acids is 2. The Morgan fingerprint density at radius 3 is 2.71 bits per heavy atom. The highest BCUT2D eigenvalue weighted by Crippen LogP contribution is 2.42. The van der Waals surface area contributed by atoms with E-state index in [0.717, 1.165) is 32.1 Å². The van der Waals surface area contributed by atoms with Gasteiger partial charge in [-0.15, -0.1) is 6.58 Å². The van der Waals surface area contributed by atoms with Crippen LogP contribution in [0.15, 0.2) is 12.7 Å². The maximum absolute atomic E-state index is 12.8. The summed E-state index contributed by atoms with van der Waals surface area (Å²) in [7, 11) is 0. The van der Waals surface area contributed by atoms with Gasteiger partial charge in [-0.2, -0.15) is 0 Å². The molecule has 0 spiro atoms. The largest absolute Gasteiger partial charge is 0.353 e. The van der Waals surface area contributed by atoms with E-state index in [-0.39, 0.29) is 35.9 Å². The lowest BCUT2D eigenvalue weighted by Gasteiger charge is -2.51. The monoisotopic (exact) mass is 334 g/mol. The Morgan fingerprint density at radius 2 is 2.04 bits per heavy atom. The van der Waals surface area contributed by atoms with Crippen molar-refractivity contribution in [3.05, 3.63) is 12.7 Å². The Morgan fingerprint density at radius 1 is 1.33 bits per heavy atom. The van der Waals surface area contributed by atoms with Gasteiger partial charge in [-0.25, -0.2) is 0 Å². The van der Waals surface area contributed by atoms with Gasteiger partial charge in [0.1, 0.15) is 0 Å². The molecular formula is C20H34N2O2. The van der Waals surface area contributed by atoms with E-state index in [1.165, 1.54) is 12.8 Å². The lowest BCUT2D eigenvalue weighted by Crippen LogP contribution is -2.59. The van der Waals surface area contributed by atoms with Crippen molar-refractivity contribution >= 4 is 11.8 Å². The van der Waals surface area contributed by atoms with Crippen LogP contribution in [0.2, 0.25) is 0 Å². The molecule has 136 valence electrons. The number of amides is 2. The summed E-state index contributed by atoms with van der Waals surface area (Å²) in [4.78, 5) is 27.6. The predicted molar refractivity (Wildman–Crippen MR) is 97.5 cm³/mol. The molecule has 4 nitrogen and oxygen atoms in total. The van der Waals surface area contributed by atoms with Crippen LogP contribution in [0.4, 0.5) is 0 Å². The van der Waals surface area contributed by atoms with Crippen molar-refractivity contribution in [2.45, 2.75) is 90.3 Å². The second kappa shape index (κ2) is 8.68. The van der Waals surface area contributed by atoms with Crippen LogP contribution in [-0.4, -0.2) is 34.8 Å². The molecule has 2 fully saturated rings. The molecular weight excluding hydrogens is 300 g/mol. The molecule has 1 aliphatic carbocycles. The minimum absolute atomic E-state index is 0.0581. The average molecular weight is 335 g/mol. The van der Waals surface area contributed by atoms with Gasteiger partial charge in [0.05, 0.1) is 0 Å². The van der Waals surface area contributed by atoms with Gasteiger partial charge in [0.15, 0.2) is 0 Å². The summed E-state index contributed by atoms with van der Waals surface area (Å²) in [6, 6.07) is 0.615. The molecule has 0 bridgehead atoms. The van der Waals surface area contributed by atoms with Gasteiger partial charge in [-0.3, -0.25) is 9.59 Å². The Bertz CT molecular complexity index is 463. The number of piperidine rings is 1. The molecule has 0 aromatic rings. The summed E-state index contributed by atoms with van der Waals surface area (Å²) < 4.78 is 0. The number of likely N-dealkylation sites (tertiary alicyclic amines) is 1. The highest BCUT2D eigenvalue weighted by atomic mass is 16.2. The molecule has 2 aliphatic rings. The second-order valence-corrected chi connectivity index (χ2v) is 7.65. The van der Waals surface area contributed by atoms with E-state index < -0.39 is 0 Å². The zero-order valence-corrected chi connectivity index (χ0v) is 15.6. The predicted octanol–water partition coefficient (Wildman–Crippen LogP) is 3.66. The maximum Gasteiger partial charge on any atom is 0.223 e. The first kappa shape index (κ1) is 19.0. The molecule has 1 saturated carbocycles. The molecule has 5 atom stereocenters. The first-order valence-electron chi connectivity index (χ1n) is 9.72. The number of allylic oxidation sites excluding steroid dienone is 1. The second-order valence-electron chi connectivity index (χ2n) is 7.65. The number of carbonyl (C=O) groups is 2. The van der Waals surface area contributed by atoms with Crippen molar-refractivity contribution in [3.63, 3.8) is 0 Å². The van der Waals surface area contributed by atoms with Crippen LogP contribution in [0, 0.1) is 11.8 Å². The smallest absolute Gasteiger partial charge is 0.223 e. The van der Waals surface area contributed by atoms with Crippen molar-refractivity contribution in [2.75, 3.05) is 0 Å². The van der Waals surface area contributed by atoms with Gasteiger partial charge >= 0.3 is 0 Å². The van der Waals surface area contributed by atoms with Gasteiger partial charge in [-0.1, -0.05) is 25.8 Å². The minimum Gasteiger partial charge on any atom is -0.353 e. The first-order chi connectivity index (χ1) is 11.5. The fourth-order valence-corrected chi connectivity index (χ4v) is 4.48. The van der Waals surface area contributed by atoms with E-state index in [4.69, 9.17) is 0 Å². The Labute approximate surface area is 147 Å². The van der Waals surface area contributed by atoms with Gasteiger partial charge in [0.2, 0.25) is 11.8 Å². The molecule has 0 radical (unpaired) electrons. The van der Waals surface area contributed by atoms with Crippen molar-refractivity contribution in [2.24, 2.45) is 11.8 Å². The third kappa shape index (κ3) is 4.20. The van der Waals surface area contributed by atoms with E-state index in [2.05, 4.69) is 37.6 Å². The van der Waals surface area contributed by atoms with Crippen molar-refractivity contribution in [3.8, 4) is 0 Å².